The molecule has 0 bridgehead atoms. The highest BCUT2D eigenvalue weighted by molar-refractivity contribution is 5.81. The van der Waals surface area contributed by atoms with Gasteiger partial charge in [-0.2, -0.15) is 0 Å². The van der Waals surface area contributed by atoms with Gasteiger partial charge in [-0.15, -0.1) is 0 Å². The fourth-order valence-electron chi connectivity index (χ4n) is 7.50. The van der Waals surface area contributed by atoms with Crippen LogP contribution in [0.5, 0.6) is 0 Å². The van der Waals surface area contributed by atoms with Crippen molar-refractivity contribution in [2.24, 2.45) is 11.5 Å². The predicted octanol–water partition coefficient (Wildman–Crippen LogP) is -5.62. The van der Waals surface area contributed by atoms with Crippen molar-refractivity contribution >= 4 is 24.0 Å². The highest BCUT2D eigenvalue weighted by Gasteiger charge is 2.53. The van der Waals surface area contributed by atoms with E-state index in [1.54, 1.807) is 60.7 Å². The van der Waals surface area contributed by atoms with E-state index in [0.29, 0.717) is 0 Å². The molecule has 67 heavy (non-hydrogen) atoms. The first-order valence-electron chi connectivity index (χ1n) is 21.6. The molecular formula is C42H62N6O19. The van der Waals surface area contributed by atoms with Crippen LogP contribution in [0.25, 0.3) is 0 Å². The van der Waals surface area contributed by atoms with E-state index in [2.05, 4.69) is 21.3 Å². The van der Waals surface area contributed by atoms with E-state index in [-0.39, 0.29) is 45.6 Å². The van der Waals surface area contributed by atoms with Gasteiger partial charge in [-0.1, -0.05) is 60.7 Å². The second-order valence-corrected chi connectivity index (χ2v) is 16.3. The van der Waals surface area contributed by atoms with Crippen molar-refractivity contribution in [2.45, 2.75) is 136 Å². The zero-order valence-electron chi connectivity index (χ0n) is 36.2. The molecule has 25 nitrogen and oxygen atoms in total. The van der Waals surface area contributed by atoms with Crippen LogP contribution in [0, 0.1) is 0 Å². The monoisotopic (exact) mass is 954 g/mol. The molecule has 0 aromatic heterocycles. The van der Waals surface area contributed by atoms with Gasteiger partial charge < -0.3 is 107 Å². The van der Waals surface area contributed by atoms with Crippen molar-refractivity contribution in [3.05, 3.63) is 71.8 Å². The van der Waals surface area contributed by atoms with Crippen molar-refractivity contribution < 1.29 is 93.6 Å². The number of carbonyl (C=O) groups excluding carboxylic acids is 4. The zero-order chi connectivity index (χ0) is 48.8. The lowest BCUT2D eigenvalue weighted by molar-refractivity contribution is -0.333. The first kappa shape index (κ1) is 53.3. The summed E-state index contributed by atoms with van der Waals surface area (Å²) in [6.45, 7) is -1.69. The molecule has 17 N–H and O–H groups in total. The zero-order valence-corrected chi connectivity index (χ0v) is 36.2. The number of rotatable bonds is 20. The SMILES string of the molecule is N[C@@H]1[C@@H](O)[C@@H](O[C@@H]2[C@@H](O)[C@H](O[C@H]3O[C@H](CNC(=O)[C@H](O)CCNC(=O)OCc4ccccc4)[C@@H](O)[C@H](O)[C@H]3O)[C@@H](N)C[C@H]2NC(=O)[C@H](O)CCNC(=O)OCc2ccccc2)O[C@H](CO)[C@H]1O. The van der Waals surface area contributed by atoms with Crippen LogP contribution >= 0.6 is 0 Å². The van der Waals surface area contributed by atoms with E-state index >= 15 is 0 Å². The van der Waals surface area contributed by atoms with Crippen LogP contribution in [-0.2, 0) is 51.2 Å². The Bertz CT molecular complexity index is 1860. The van der Waals surface area contributed by atoms with Gasteiger partial charge in [0.2, 0.25) is 11.8 Å². The molecule has 1 aliphatic carbocycles. The number of carbonyl (C=O) groups is 4. The molecule has 3 fully saturated rings. The summed E-state index contributed by atoms with van der Waals surface area (Å²) in [6, 6.07) is 13.7. The molecule has 2 aliphatic heterocycles. The Morgan fingerprint density at radius 1 is 0.627 bits per heavy atom. The van der Waals surface area contributed by atoms with Crippen LogP contribution in [0.1, 0.15) is 30.4 Å². The Morgan fingerprint density at radius 3 is 1.69 bits per heavy atom. The Morgan fingerprint density at radius 2 is 1.13 bits per heavy atom. The molecule has 1 saturated carbocycles. The highest BCUT2D eigenvalue weighted by atomic mass is 16.7. The van der Waals surface area contributed by atoms with Crippen molar-refractivity contribution in [1.82, 2.24) is 21.3 Å². The normalized spacial score (nSPS) is 32.8. The minimum absolute atomic E-state index is 0.00150. The van der Waals surface area contributed by atoms with Crippen LogP contribution in [0.2, 0.25) is 0 Å². The molecule has 2 aromatic carbocycles. The van der Waals surface area contributed by atoms with Crippen molar-refractivity contribution in [3.63, 3.8) is 0 Å². The fraction of sp³-hybridized carbons (Fsp3) is 0.619. The quantitative estimate of drug-likeness (QED) is 0.0588. The van der Waals surface area contributed by atoms with Crippen LogP contribution in [-0.4, -0.2) is 200 Å². The molecule has 17 atom stereocenters. The Hall–Kier alpha value is -4.68. The van der Waals surface area contributed by atoms with Crippen LogP contribution in [0.4, 0.5) is 9.59 Å². The summed E-state index contributed by atoms with van der Waals surface area (Å²) in [5, 5.41) is 106. The van der Waals surface area contributed by atoms with Crippen molar-refractivity contribution in [3.8, 4) is 0 Å². The average molecular weight is 955 g/mol. The molecule has 2 aromatic rings. The molecule has 5 rings (SSSR count). The smallest absolute Gasteiger partial charge is 0.407 e. The van der Waals surface area contributed by atoms with Gasteiger partial charge in [-0.05, 0) is 30.4 Å². The van der Waals surface area contributed by atoms with Gasteiger partial charge in [0.05, 0.1) is 18.7 Å². The molecule has 0 radical (unpaired) electrons. The van der Waals surface area contributed by atoms with E-state index in [1.165, 1.54) is 0 Å². The van der Waals surface area contributed by atoms with E-state index in [4.69, 9.17) is 39.9 Å². The third kappa shape index (κ3) is 14.9. The largest absolute Gasteiger partial charge is 0.445 e. The Balaban J connectivity index is 1.18. The van der Waals surface area contributed by atoms with E-state index in [9.17, 15) is 65.1 Å². The van der Waals surface area contributed by atoms with Crippen LogP contribution < -0.4 is 32.7 Å². The number of hydrogen-bond acceptors (Lipinski definition) is 21. The maximum absolute atomic E-state index is 13.3. The van der Waals surface area contributed by atoms with E-state index in [1.807, 2.05) is 0 Å². The minimum Gasteiger partial charge on any atom is -0.445 e. The van der Waals surface area contributed by atoms with Crippen molar-refractivity contribution in [2.75, 3.05) is 26.2 Å². The Labute approximate surface area is 384 Å². The number of ether oxygens (including phenoxy) is 6. The maximum atomic E-state index is 13.3. The third-order valence-corrected chi connectivity index (χ3v) is 11.4. The molecule has 0 unspecified atom stereocenters. The lowest BCUT2D eigenvalue weighted by Crippen LogP contribution is -2.69. The van der Waals surface area contributed by atoms with E-state index < -0.39 is 141 Å². The lowest BCUT2D eigenvalue weighted by atomic mass is 9.83. The highest BCUT2D eigenvalue weighted by Crippen LogP contribution is 2.32. The third-order valence-electron chi connectivity index (χ3n) is 11.4. The summed E-state index contributed by atoms with van der Waals surface area (Å²) in [5.74, 6) is -1.95. The number of benzene rings is 2. The van der Waals surface area contributed by atoms with Gasteiger partial charge in [0.1, 0.15) is 86.5 Å². The van der Waals surface area contributed by atoms with Gasteiger partial charge in [-0.25, -0.2) is 9.59 Å². The number of nitrogens with two attached hydrogens (primary N) is 2. The fourth-order valence-corrected chi connectivity index (χ4v) is 7.50. The van der Waals surface area contributed by atoms with Gasteiger partial charge in [0.15, 0.2) is 12.6 Å². The first-order valence-corrected chi connectivity index (χ1v) is 21.6. The summed E-state index contributed by atoms with van der Waals surface area (Å²) in [6.07, 6.45) is -26.5. The molecule has 374 valence electrons. The van der Waals surface area contributed by atoms with Crippen molar-refractivity contribution in [1.29, 1.82) is 0 Å². The predicted molar refractivity (Wildman–Crippen MR) is 226 cm³/mol. The lowest BCUT2D eigenvalue weighted by Gasteiger charge is -2.49. The van der Waals surface area contributed by atoms with E-state index in [0.717, 1.165) is 11.1 Å². The number of alkyl carbamates (subject to hydrolysis) is 2. The first-order chi connectivity index (χ1) is 32.0. The topological polar surface area (TPSA) is 406 Å². The number of nitrogens with one attached hydrogen (secondary N) is 4. The molecule has 0 spiro atoms. The summed E-state index contributed by atoms with van der Waals surface area (Å²) < 4.78 is 33.4. The second kappa shape index (κ2) is 25.6. The molecule has 4 amide bonds. The number of aliphatic hydroxyl groups excluding tert-OH is 9. The number of amides is 4. The van der Waals surface area contributed by atoms with Gasteiger partial charge in [-0.3, -0.25) is 9.59 Å². The van der Waals surface area contributed by atoms with Crippen LogP contribution in [0.15, 0.2) is 60.7 Å². The minimum atomic E-state index is -1.98. The summed E-state index contributed by atoms with van der Waals surface area (Å²) in [4.78, 5) is 50.2. The van der Waals surface area contributed by atoms with Gasteiger partial charge in [0.25, 0.3) is 0 Å². The number of aliphatic hydroxyl groups is 9. The molecule has 2 heterocycles. The summed E-state index contributed by atoms with van der Waals surface area (Å²) in [7, 11) is 0. The molecule has 2 saturated heterocycles. The summed E-state index contributed by atoms with van der Waals surface area (Å²) >= 11 is 0. The van der Waals surface area contributed by atoms with Gasteiger partial charge in [0, 0.05) is 25.7 Å². The second-order valence-electron chi connectivity index (χ2n) is 16.3. The van der Waals surface area contributed by atoms with Gasteiger partial charge >= 0.3 is 12.2 Å². The summed E-state index contributed by atoms with van der Waals surface area (Å²) in [5.41, 5.74) is 13.9. The maximum Gasteiger partial charge on any atom is 0.407 e. The molecular weight excluding hydrogens is 892 g/mol. The standard InChI is InChI=1S/C42H62N6O19/c43-22-15-23(48-38(59)25(51)12-14-46-42(61)63-19-21-9-5-2-6-10-21)36(67-39-31(54)28(44)29(52)27(17-49)65-39)34(57)35(22)66-40-33(56)32(55)30(53)26(64-40)16-47-37(58)24(50)11-13-45-41(60)62-18-20-7-3-1-4-8-20/h1-10,22-36,39-40,49-57H,11-19,43-44H2,(H,45,60)(H,46,61)(H,47,58)(H,48,59)/t22-,23+,24+,25+,26+,27+,28-,29+,30+,31+,32-,33+,34-,35+,36-,39+,40+/m0/s1. The average Bonchev–Trinajstić information content (AvgIpc) is 3.32. The van der Waals surface area contributed by atoms with Crippen LogP contribution in [0.3, 0.4) is 0 Å². The Kier molecular flexibility index (Phi) is 20.4. The number of hydrogen-bond donors (Lipinski definition) is 15. The molecule has 3 aliphatic rings. The molecule has 25 heteroatoms.